The summed E-state index contributed by atoms with van der Waals surface area (Å²) >= 11 is 0. The first kappa shape index (κ1) is 18.5. The number of anilines is 3. The van der Waals surface area contributed by atoms with Gasteiger partial charge in [0.1, 0.15) is 5.82 Å². The van der Waals surface area contributed by atoms with Gasteiger partial charge in [0.2, 0.25) is 5.95 Å². The minimum absolute atomic E-state index is 0.438. The third kappa shape index (κ3) is 3.94. The van der Waals surface area contributed by atoms with Gasteiger partial charge in [-0.05, 0) is 36.6 Å². The van der Waals surface area contributed by atoms with Crippen molar-refractivity contribution in [1.29, 1.82) is 0 Å². The van der Waals surface area contributed by atoms with E-state index in [0.29, 0.717) is 30.2 Å². The van der Waals surface area contributed by atoms with Crippen molar-refractivity contribution in [3.05, 3.63) is 60.8 Å². The predicted octanol–water partition coefficient (Wildman–Crippen LogP) is 4.48. The number of fused-ring (bicyclic) bond motifs is 1. The van der Waals surface area contributed by atoms with Crippen LogP contribution in [0.3, 0.4) is 0 Å². The van der Waals surface area contributed by atoms with Gasteiger partial charge in [0.25, 0.3) is 0 Å². The highest BCUT2D eigenvalue weighted by molar-refractivity contribution is 5.84. The molecule has 1 saturated carbocycles. The molecule has 0 bridgehead atoms. The van der Waals surface area contributed by atoms with Gasteiger partial charge < -0.3 is 15.2 Å². The monoisotopic (exact) mass is 400 g/mol. The summed E-state index contributed by atoms with van der Waals surface area (Å²) in [6.07, 6.45) is 13.4. The average molecular weight is 400 g/mol. The van der Waals surface area contributed by atoms with Crippen molar-refractivity contribution in [2.75, 3.05) is 10.6 Å². The Balaban J connectivity index is 1.51. The molecule has 0 aromatic carbocycles. The minimum Gasteiger partial charge on any atom is -0.364 e. The van der Waals surface area contributed by atoms with Crippen molar-refractivity contribution in [3.8, 4) is 0 Å². The summed E-state index contributed by atoms with van der Waals surface area (Å²) in [5.41, 5.74) is 2.72. The number of hydrogen-bond donors (Lipinski definition) is 2. The summed E-state index contributed by atoms with van der Waals surface area (Å²) in [6, 6.07) is 10.1. The maximum atomic E-state index is 4.81. The fourth-order valence-electron chi connectivity index (χ4n) is 3.96. The van der Waals surface area contributed by atoms with Crippen molar-refractivity contribution in [2.24, 2.45) is 0 Å². The highest BCUT2D eigenvalue weighted by atomic mass is 15.2. The Hall–Kier alpha value is -3.55. The zero-order valence-electron chi connectivity index (χ0n) is 16.7. The molecular formula is C22H24N8. The van der Waals surface area contributed by atoms with Crippen LogP contribution in [0, 0.1) is 0 Å². The molecule has 0 amide bonds. The quantitative estimate of drug-likeness (QED) is 0.493. The summed E-state index contributed by atoms with van der Waals surface area (Å²) in [6.45, 7) is 0.610. The zero-order valence-corrected chi connectivity index (χ0v) is 16.7. The lowest BCUT2D eigenvalue weighted by Gasteiger charge is -2.23. The molecule has 0 saturated heterocycles. The third-order valence-electron chi connectivity index (χ3n) is 5.48. The van der Waals surface area contributed by atoms with Gasteiger partial charge in [-0.2, -0.15) is 9.97 Å². The molecular weight excluding hydrogens is 376 g/mol. The van der Waals surface area contributed by atoms with Crippen molar-refractivity contribution >= 4 is 28.7 Å². The molecule has 0 radical (unpaired) electrons. The highest BCUT2D eigenvalue weighted by Crippen LogP contribution is 2.32. The second-order valence-electron chi connectivity index (χ2n) is 7.57. The Labute approximate surface area is 174 Å². The van der Waals surface area contributed by atoms with E-state index >= 15 is 0 Å². The van der Waals surface area contributed by atoms with Gasteiger partial charge in [-0.15, -0.1) is 0 Å². The van der Waals surface area contributed by atoms with E-state index in [4.69, 9.17) is 9.97 Å². The molecule has 1 fully saturated rings. The van der Waals surface area contributed by atoms with Crippen LogP contribution in [0.2, 0.25) is 0 Å². The molecule has 2 N–H and O–H groups in total. The second-order valence-corrected chi connectivity index (χ2v) is 7.57. The van der Waals surface area contributed by atoms with Crippen molar-refractivity contribution in [1.82, 2.24) is 29.5 Å². The van der Waals surface area contributed by atoms with Gasteiger partial charge in [0.05, 0.1) is 6.33 Å². The van der Waals surface area contributed by atoms with E-state index in [1.54, 1.807) is 12.4 Å². The minimum atomic E-state index is 0.438. The lowest BCUT2D eigenvalue weighted by molar-refractivity contribution is 0.358. The summed E-state index contributed by atoms with van der Waals surface area (Å²) in [4.78, 5) is 22.7. The number of rotatable bonds is 6. The van der Waals surface area contributed by atoms with E-state index in [9.17, 15) is 0 Å². The van der Waals surface area contributed by atoms with Crippen LogP contribution < -0.4 is 10.6 Å². The normalized spacial score (nSPS) is 14.7. The molecule has 8 nitrogen and oxygen atoms in total. The van der Waals surface area contributed by atoms with E-state index in [2.05, 4.69) is 30.2 Å². The van der Waals surface area contributed by atoms with Gasteiger partial charge >= 0.3 is 0 Å². The molecule has 0 aliphatic heterocycles. The van der Waals surface area contributed by atoms with Crippen LogP contribution in [0.5, 0.6) is 0 Å². The number of hydrogen-bond acceptors (Lipinski definition) is 7. The van der Waals surface area contributed by atoms with Gasteiger partial charge in [0.15, 0.2) is 17.0 Å². The largest absolute Gasteiger partial charge is 0.364 e. The smallest absolute Gasteiger partial charge is 0.232 e. The third-order valence-corrected chi connectivity index (χ3v) is 5.48. The fourth-order valence-corrected chi connectivity index (χ4v) is 3.96. The maximum Gasteiger partial charge on any atom is 0.232 e. The molecule has 152 valence electrons. The molecule has 0 unspecified atom stereocenters. The number of nitrogens with one attached hydrogen (secondary N) is 2. The number of pyridine rings is 2. The Morgan fingerprint density at radius 3 is 2.70 bits per heavy atom. The average Bonchev–Trinajstić information content (AvgIpc) is 3.23. The van der Waals surface area contributed by atoms with E-state index in [0.717, 1.165) is 29.6 Å². The molecule has 0 spiro atoms. The van der Waals surface area contributed by atoms with Gasteiger partial charge in [-0.25, -0.2) is 9.97 Å². The lowest BCUT2D eigenvalue weighted by atomic mass is 9.95. The van der Waals surface area contributed by atoms with E-state index in [1.165, 1.54) is 19.3 Å². The van der Waals surface area contributed by atoms with Crippen LogP contribution >= 0.6 is 0 Å². The molecule has 0 atom stereocenters. The van der Waals surface area contributed by atoms with Crippen molar-refractivity contribution < 1.29 is 0 Å². The molecule has 8 heteroatoms. The van der Waals surface area contributed by atoms with Crippen LogP contribution in [0.1, 0.15) is 43.7 Å². The standard InChI is InChI=1S/C22H24N8/c1-2-8-17(9-3-1)30-15-26-19-20(25-14-16-7-6-11-23-13-16)28-22(29-21(19)30)27-18-10-4-5-12-24-18/h4-7,10-13,15,17H,1-3,8-9,14H2,(H2,24,25,27,28,29). The summed E-state index contributed by atoms with van der Waals surface area (Å²) < 4.78 is 2.22. The first-order chi connectivity index (χ1) is 14.9. The number of aromatic nitrogens is 6. The first-order valence-corrected chi connectivity index (χ1v) is 10.4. The van der Waals surface area contributed by atoms with Crippen LogP contribution in [0.25, 0.3) is 11.2 Å². The summed E-state index contributed by atoms with van der Waals surface area (Å²) in [5, 5.41) is 6.65. The Kier molecular flexibility index (Phi) is 5.20. The molecule has 30 heavy (non-hydrogen) atoms. The van der Waals surface area contributed by atoms with Gasteiger partial charge in [-0.3, -0.25) is 4.98 Å². The first-order valence-electron chi connectivity index (χ1n) is 10.4. The zero-order chi connectivity index (χ0) is 20.2. The molecule has 4 aromatic rings. The Morgan fingerprint density at radius 1 is 0.967 bits per heavy atom. The molecule has 5 rings (SSSR count). The second kappa shape index (κ2) is 8.44. The molecule has 4 heterocycles. The predicted molar refractivity (Wildman–Crippen MR) is 117 cm³/mol. The number of nitrogens with zero attached hydrogens (tertiary/aromatic N) is 6. The maximum absolute atomic E-state index is 4.81. The van der Waals surface area contributed by atoms with Crippen LogP contribution in [-0.4, -0.2) is 29.5 Å². The number of imidazole rings is 1. The Morgan fingerprint density at radius 2 is 1.90 bits per heavy atom. The Bertz CT molecular complexity index is 1100. The van der Waals surface area contributed by atoms with Gasteiger partial charge in [0, 0.05) is 31.2 Å². The van der Waals surface area contributed by atoms with Crippen molar-refractivity contribution in [2.45, 2.75) is 44.7 Å². The van der Waals surface area contributed by atoms with E-state index in [1.807, 2.05) is 42.9 Å². The van der Waals surface area contributed by atoms with Crippen LogP contribution in [0.4, 0.5) is 17.6 Å². The molecule has 1 aliphatic rings. The molecule has 1 aliphatic carbocycles. The van der Waals surface area contributed by atoms with E-state index < -0.39 is 0 Å². The van der Waals surface area contributed by atoms with Crippen molar-refractivity contribution in [3.63, 3.8) is 0 Å². The summed E-state index contributed by atoms with van der Waals surface area (Å²) in [7, 11) is 0. The lowest BCUT2D eigenvalue weighted by Crippen LogP contribution is -2.13. The van der Waals surface area contributed by atoms with Gasteiger partial charge in [-0.1, -0.05) is 31.4 Å². The van der Waals surface area contributed by atoms with Crippen LogP contribution in [0.15, 0.2) is 55.2 Å². The van der Waals surface area contributed by atoms with E-state index in [-0.39, 0.29) is 0 Å². The van der Waals surface area contributed by atoms with Crippen LogP contribution in [-0.2, 0) is 6.54 Å². The summed E-state index contributed by atoms with van der Waals surface area (Å²) in [5.74, 6) is 1.92. The highest BCUT2D eigenvalue weighted by Gasteiger charge is 2.21. The topological polar surface area (TPSA) is 93.4 Å². The molecule has 4 aromatic heterocycles. The fraction of sp³-hybridized carbons (Fsp3) is 0.318. The SMILES string of the molecule is c1ccc(Nc2nc(NCc3cccnc3)c3ncn(C4CCCCC4)c3n2)nc1.